The standard InChI is InChI=1S/C18H18N4O2S/c19-13-6-7-21(10-13)16(23)15-9-20-18-22(17(15)24)11-14(25-18)8-12-4-2-1-3-5-12/h1-5,9,11,13H,6-8,10,19H2. The summed E-state index contributed by atoms with van der Waals surface area (Å²) in [7, 11) is 0. The molecule has 0 spiro atoms. The van der Waals surface area contributed by atoms with Gasteiger partial charge in [-0.05, 0) is 12.0 Å². The Kier molecular flexibility index (Phi) is 4.10. The third kappa shape index (κ3) is 3.08. The van der Waals surface area contributed by atoms with Gasteiger partial charge in [-0.15, -0.1) is 11.3 Å². The summed E-state index contributed by atoms with van der Waals surface area (Å²) in [5.41, 5.74) is 6.82. The second-order valence-corrected chi connectivity index (χ2v) is 7.38. The highest BCUT2D eigenvalue weighted by atomic mass is 32.1. The minimum Gasteiger partial charge on any atom is -0.337 e. The van der Waals surface area contributed by atoms with Gasteiger partial charge in [0.25, 0.3) is 11.5 Å². The van der Waals surface area contributed by atoms with Crippen molar-refractivity contribution < 1.29 is 4.79 Å². The summed E-state index contributed by atoms with van der Waals surface area (Å²) in [6.07, 6.45) is 4.68. The van der Waals surface area contributed by atoms with Gasteiger partial charge in [-0.3, -0.25) is 14.0 Å². The van der Waals surface area contributed by atoms with Gasteiger partial charge in [-0.2, -0.15) is 0 Å². The van der Waals surface area contributed by atoms with Gasteiger partial charge in [0, 0.05) is 42.8 Å². The topological polar surface area (TPSA) is 80.7 Å². The van der Waals surface area contributed by atoms with Crippen LogP contribution in [0.5, 0.6) is 0 Å². The van der Waals surface area contributed by atoms with Crippen molar-refractivity contribution in [3.05, 3.63) is 69.1 Å². The molecule has 25 heavy (non-hydrogen) atoms. The summed E-state index contributed by atoms with van der Waals surface area (Å²) in [4.78, 5) is 32.9. The summed E-state index contributed by atoms with van der Waals surface area (Å²) < 4.78 is 1.48. The SMILES string of the molecule is NC1CCN(C(=O)c2cnc3sc(Cc4ccccc4)cn3c2=O)C1. The number of amides is 1. The van der Waals surface area contributed by atoms with E-state index in [0.717, 1.165) is 17.7 Å². The van der Waals surface area contributed by atoms with Crippen LogP contribution in [-0.4, -0.2) is 39.3 Å². The Morgan fingerprint density at radius 2 is 2.12 bits per heavy atom. The Morgan fingerprint density at radius 1 is 1.32 bits per heavy atom. The van der Waals surface area contributed by atoms with Crippen molar-refractivity contribution in [2.24, 2.45) is 5.73 Å². The van der Waals surface area contributed by atoms with Crippen LogP contribution >= 0.6 is 11.3 Å². The van der Waals surface area contributed by atoms with Crippen molar-refractivity contribution in [3.63, 3.8) is 0 Å². The Morgan fingerprint density at radius 3 is 2.84 bits per heavy atom. The lowest BCUT2D eigenvalue weighted by Gasteiger charge is -2.14. The number of likely N-dealkylation sites (tertiary alicyclic amines) is 1. The highest BCUT2D eigenvalue weighted by Crippen LogP contribution is 2.19. The molecule has 1 unspecified atom stereocenters. The number of carbonyl (C=O) groups excluding carboxylic acids is 1. The molecule has 1 atom stereocenters. The number of carbonyl (C=O) groups is 1. The number of fused-ring (bicyclic) bond motifs is 1. The first-order valence-corrected chi connectivity index (χ1v) is 9.02. The third-order valence-corrected chi connectivity index (χ3v) is 5.41. The molecule has 6 nitrogen and oxygen atoms in total. The number of nitrogens with zero attached hydrogens (tertiary/aromatic N) is 3. The molecule has 2 aromatic heterocycles. The van der Waals surface area contributed by atoms with E-state index < -0.39 is 0 Å². The number of hydrogen-bond acceptors (Lipinski definition) is 5. The van der Waals surface area contributed by atoms with Gasteiger partial charge in [-0.25, -0.2) is 4.98 Å². The summed E-state index contributed by atoms with van der Waals surface area (Å²) in [5.74, 6) is -0.282. The van der Waals surface area contributed by atoms with Crippen LogP contribution in [0.4, 0.5) is 0 Å². The molecule has 7 heteroatoms. The van der Waals surface area contributed by atoms with Crippen molar-refractivity contribution in [2.45, 2.75) is 18.9 Å². The predicted octanol–water partition coefficient (Wildman–Crippen LogP) is 1.52. The average Bonchev–Trinajstić information content (AvgIpc) is 3.22. The largest absolute Gasteiger partial charge is 0.337 e. The second kappa shape index (κ2) is 6.42. The molecule has 1 saturated heterocycles. The van der Waals surface area contributed by atoms with Crippen molar-refractivity contribution in [1.82, 2.24) is 14.3 Å². The lowest BCUT2D eigenvalue weighted by Crippen LogP contribution is -2.35. The lowest BCUT2D eigenvalue weighted by molar-refractivity contribution is 0.0788. The van der Waals surface area contributed by atoms with Gasteiger partial charge in [0.2, 0.25) is 0 Å². The Bertz CT molecular complexity index is 980. The monoisotopic (exact) mass is 354 g/mol. The molecule has 1 aromatic carbocycles. The van der Waals surface area contributed by atoms with E-state index in [0.29, 0.717) is 18.1 Å². The molecule has 4 rings (SSSR count). The van der Waals surface area contributed by atoms with Crippen LogP contribution in [0.3, 0.4) is 0 Å². The van der Waals surface area contributed by atoms with E-state index >= 15 is 0 Å². The number of hydrogen-bond donors (Lipinski definition) is 1. The average molecular weight is 354 g/mol. The van der Waals surface area contributed by atoms with Gasteiger partial charge < -0.3 is 10.6 Å². The van der Waals surface area contributed by atoms with Crippen molar-refractivity contribution in [1.29, 1.82) is 0 Å². The zero-order valence-corrected chi connectivity index (χ0v) is 14.4. The molecule has 0 saturated carbocycles. The number of rotatable bonds is 3. The van der Waals surface area contributed by atoms with Crippen molar-refractivity contribution >= 4 is 22.2 Å². The number of aromatic nitrogens is 2. The van der Waals surface area contributed by atoms with E-state index in [9.17, 15) is 9.59 Å². The predicted molar refractivity (Wildman–Crippen MR) is 97.1 cm³/mol. The fourth-order valence-corrected chi connectivity index (χ4v) is 4.07. The molecule has 128 valence electrons. The molecule has 0 bridgehead atoms. The van der Waals surface area contributed by atoms with E-state index in [-0.39, 0.29) is 23.1 Å². The maximum absolute atomic E-state index is 12.7. The number of nitrogens with two attached hydrogens (primary N) is 1. The van der Waals surface area contributed by atoms with Crippen LogP contribution in [0.15, 0.2) is 47.5 Å². The first kappa shape index (κ1) is 16.0. The number of benzene rings is 1. The quantitative estimate of drug-likeness (QED) is 0.773. The molecule has 3 aromatic rings. The van der Waals surface area contributed by atoms with E-state index in [1.807, 2.05) is 30.3 Å². The van der Waals surface area contributed by atoms with Crippen LogP contribution in [0.2, 0.25) is 0 Å². The summed E-state index contributed by atoms with van der Waals surface area (Å²) in [6, 6.07) is 10.0. The summed E-state index contributed by atoms with van der Waals surface area (Å²) in [5, 5.41) is 0. The van der Waals surface area contributed by atoms with Gasteiger partial charge in [0.1, 0.15) is 5.56 Å². The molecule has 1 aliphatic rings. The molecular formula is C18H18N4O2S. The summed E-state index contributed by atoms with van der Waals surface area (Å²) >= 11 is 1.47. The number of thiazole rings is 1. The van der Waals surface area contributed by atoms with E-state index in [1.54, 1.807) is 11.1 Å². The molecule has 3 heterocycles. The van der Waals surface area contributed by atoms with E-state index in [2.05, 4.69) is 4.98 Å². The van der Waals surface area contributed by atoms with Crippen LogP contribution in [0.1, 0.15) is 27.2 Å². The molecule has 1 amide bonds. The highest BCUT2D eigenvalue weighted by Gasteiger charge is 2.27. The Balaban J connectivity index is 1.66. The van der Waals surface area contributed by atoms with Gasteiger partial charge in [-0.1, -0.05) is 30.3 Å². The Labute approximate surface area is 148 Å². The molecule has 0 radical (unpaired) electrons. The molecular weight excluding hydrogens is 336 g/mol. The van der Waals surface area contributed by atoms with Crippen molar-refractivity contribution in [3.8, 4) is 0 Å². The Hall–Kier alpha value is -2.51. The van der Waals surface area contributed by atoms with Gasteiger partial charge >= 0.3 is 0 Å². The van der Waals surface area contributed by atoms with Crippen LogP contribution in [0, 0.1) is 0 Å². The zero-order valence-electron chi connectivity index (χ0n) is 13.6. The van der Waals surface area contributed by atoms with Crippen LogP contribution in [0.25, 0.3) is 4.96 Å². The smallest absolute Gasteiger partial charge is 0.271 e. The highest BCUT2D eigenvalue weighted by molar-refractivity contribution is 7.17. The molecule has 1 fully saturated rings. The molecule has 2 N–H and O–H groups in total. The third-order valence-electron chi connectivity index (χ3n) is 4.42. The minimum absolute atomic E-state index is 0.0120. The van der Waals surface area contributed by atoms with Gasteiger partial charge in [0.05, 0.1) is 0 Å². The maximum Gasteiger partial charge on any atom is 0.271 e. The lowest BCUT2D eigenvalue weighted by atomic mass is 10.1. The molecule has 0 aliphatic carbocycles. The minimum atomic E-state index is -0.314. The fourth-order valence-electron chi connectivity index (χ4n) is 3.10. The maximum atomic E-state index is 12.7. The first-order valence-electron chi connectivity index (χ1n) is 8.20. The molecule has 1 aliphatic heterocycles. The van der Waals surface area contributed by atoms with E-state index in [4.69, 9.17) is 5.73 Å². The van der Waals surface area contributed by atoms with E-state index in [1.165, 1.54) is 27.5 Å². The first-order chi connectivity index (χ1) is 12.1. The van der Waals surface area contributed by atoms with Crippen LogP contribution < -0.4 is 11.3 Å². The zero-order chi connectivity index (χ0) is 17.4. The fraction of sp³-hybridized carbons (Fsp3) is 0.278. The van der Waals surface area contributed by atoms with Crippen LogP contribution in [-0.2, 0) is 6.42 Å². The summed E-state index contributed by atoms with van der Waals surface area (Å²) in [6.45, 7) is 1.08. The second-order valence-electron chi connectivity index (χ2n) is 6.29. The van der Waals surface area contributed by atoms with Gasteiger partial charge in [0.15, 0.2) is 4.96 Å². The van der Waals surface area contributed by atoms with Crippen molar-refractivity contribution in [2.75, 3.05) is 13.1 Å². The normalized spacial score (nSPS) is 17.3.